The van der Waals surface area contributed by atoms with E-state index < -0.39 is 0 Å². The van der Waals surface area contributed by atoms with Crippen molar-refractivity contribution < 1.29 is 14.2 Å². The van der Waals surface area contributed by atoms with Gasteiger partial charge in [0.2, 0.25) is 12.3 Å². The molecule has 0 spiro atoms. The molecule has 2 aromatic carbocycles. The Morgan fingerprint density at radius 2 is 1.13 bits per heavy atom. The molecule has 0 aliphatic carbocycles. The normalized spacial score (nSPS) is 10.3. The highest BCUT2D eigenvalue weighted by molar-refractivity contribution is 6.08. The average Bonchev–Trinajstić information content (AvgIpc) is 2.63. The van der Waals surface area contributed by atoms with Crippen molar-refractivity contribution >= 4 is 11.6 Å². The molecule has 3 heteroatoms. The third-order valence-electron chi connectivity index (χ3n) is 3.61. The van der Waals surface area contributed by atoms with E-state index in [0.717, 1.165) is 0 Å². The molecule has 1 aromatic heterocycles. The highest BCUT2D eigenvalue weighted by Gasteiger charge is 2.14. The summed E-state index contributed by atoms with van der Waals surface area (Å²) in [7, 11) is 0. The molecule has 0 aliphatic rings. The smallest absolute Gasteiger partial charge is 0.227 e. The number of rotatable bonds is 5. The van der Waals surface area contributed by atoms with E-state index >= 15 is 0 Å². The van der Waals surface area contributed by atoms with Gasteiger partial charge in [-0.3, -0.25) is 9.59 Å². The van der Waals surface area contributed by atoms with E-state index in [4.69, 9.17) is 0 Å². The van der Waals surface area contributed by atoms with Crippen LogP contribution in [0.1, 0.15) is 26.3 Å². The van der Waals surface area contributed by atoms with Crippen LogP contribution in [0.2, 0.25) is 0 Å². The SMILES string of the molecule is O=C(C[n+]1ccc(C(=O)c2ccccc2)cc1)c1ccccc1. The minimum absolute atomic E-state index is 0.0212. The van der Waals surface area contributed by atoms with Crippen LogP contribution in [-0.2, 0) is 6.54 Å². The minimum atomic E-state index is -0.0212. The Bertz CT molecular complexity index is 809. The fourth-order valence-electron chi connectivity index (χ4n) is 2.35. The molecule has 23 heavy (non-hydrogen) atoms. The zero-order chi connectivity index (χ0) is 16.1. The van der Waals surface area contributed by atoms with Crippen LogP contribution in [0.15, 0.2) is 85.2 Å². The first-order valence-electron chi connectivity index (χ1n) is 7.41. The van der Waals surface area contributed by atoms with Crippen LogP contribution in [0.25, 0.3) is 0 Å². The third kappa shape index (κ3) is 3.58. The van der Waals surface area contributed by atoms with Crippen molar-refractivity contribution in [3.63, 3.8) is 0 Å². The summed E-state index contributed by atoms with van der Waals surface area (Å²) < 4.78 is 1.77. The van der Waals surface area contributed by atoms with Crippen molar-refractivity contribution in [1.29, 1.82) is 0 Å². The maximum absolute atomic E-state index is 12.3. The maximum Gasteiger partial charge on any atom is 0.227 e. The predicted molar refractivity (Wildman–Crippen MR) is 87.3 cm³/mol. The summed E-state index contributed by atoms with van der Waals surface area (Å²) in [6, 6.07) is 21.8. The molecule has 3 aromatic rings. The Kier molecular flexibility index (Phi) is 4.39. The molecule has 1 heterocycles. The maximum atomic E-state index is 12.3. The topological polar surface area (TPSA) is 38.0 Å². The predicted octanol–water partition coefficient (Wildman–Crippen LogP) is 3.09. The number of pyridine rings is 1. The molecule has 0 saturated carbocycles. The number of Topliss-reactive ketones (excluding diaryl/α,β-unsaturated/α-hetero) is 1. The summed E-state index contributed by atoms with van der Waals surface area (Å²) >= 11 is 0. The molecule has 0 saturated heterocycles. The quantitative estimate of drug-likeness (QED) is 0.536. The van der Waals surface area contributed by atoms with Crippen molar-refractivity contribution in [3.05, 3.63) is 102 Å². The summed E-state index contributed by atoms with van der Waals surface area (Å²) in [5, 5.41) is 0. The van der Waals surface area contributed by atoms with Gasteiger partial charge in [-0.15, -0.1) is 0 Å². The van der Waals surface area contributed by atoms with E-state index in [2.05, 4.69) is 0 Å². The van der Waals surface area contributed by atoms with E-state index in [-0.39, 0.29) is 18.1 Å². The summed E-state index contributed by atoms with van der Waals surface area (Å²) in [5.74, 6) is 0.0184. The Morgan fingerprint density at radius 1 is 0.652 bits per heavy atom. The number of benzene rings is 2. The number of hydrogen-bond donors (Lipinski definition) is 0. The van der Waals surface area contributed by atoms with Crippen LogP contribution in [0.5, 0.6) is 0 Å². The lowest BCUT2D eigenvalue weighted by molar-refractivity contribution is -0.683. The molecule has 0 radical (unpaired) electrons. The van der Waals surface area contributed by atoms with Crippen LogP contribution in [0.3, 0.4) is 0 Å². The Hall–Kier alpha value is -3.07. The second-order valence-electron chi connectivity index (χ2n) is 5.24. The molecule has 0 unspecified atom stereocenters. The van der Waals surface area contributed by atoms with Crippen LogP contribution in [-0.4, -0.2) is 11.6 Å². The third-order valence-corrected chi connectivity index (χ3v) is 3.61. The van der Waals surface area contributed by atoms with Crippen molar-refractivity contribution in [2.75, 3.05) is 0 Å². The monoisotopic (exact) mass is 302 g/mol. The number of nitrogens with zero attached hydrogens (tertiary/aromatic N) is 1. The van der Waals surface area contributed by atoms with Gasteiger partial charge in [0.25, 0.3) is 0 Å². The number of ketones is 2. The largest absolute Gasteiger partial charge is 0.289 e. The first-order valence-corrected chi connectivity index (χ1v) is 7.41. The molecule has 112 valence electrons. The van der Waals surface area contributed by atoms with E-state index in [1.165, 1.54) is 0 Å². The number of carbonyl (C=O) groups excluding carboxylic acids is 2. The van der Waals surface area contributed by atoms with Crippen molar-refractivity contribution in [2.45, 2.75) is 6.54 Å². The molecule has 0 N–H and O–H groups in total. The summed E-state index contributed by atoms with van der Waals surface area (Å²) in [6.45, 7) is 0.254. The van der Waals surface area contributed by atoms with Crippen molar-refractivity contribution in [1.82, 2.24) is 0 Å². The second-order valence-corrected chi connectivity index (χ2v) is 5.24. The van der Waals surface area contributed by atoms with Gasteiger partial charge in [0, 0.05) is 28.8 Å². The van der Waals surface area contributed by atoms with Gasteiger partial charge in [-0.1, -0.05) is 60.7 Å². The van der Waals surface area contributed by atoms with Gasteiger partial charge in [0.1, 0.15) is 0 Å². The van der Waals surface area contributed by atoms with Gasteiger partial charge in [-0.2, -0.15) is 4.57 Å². The van der Waals surface area contributed by atoms with Crippen LogP contribution in [0, 0.1) is 0 Å². The average molecular weight is 302 g/mol. The number of aromatic nitrogens is 1. The molecule has 3 nitrogen and oxygen atoms in total. The Balaban J connectivity index is 1.73. The zero-order valence-electron chi connectivity index (χ0n) is 12.6. The van der Waals surface area contributed by atoms with Gasteiger partial charge in [0.05, 0.1) is 0 Å². The van der Waals surface area contributed by atoms with E-state index in [1.807, 2.05) is 36.4 Å². The molecule has 0 atom stereocenters. The lowest BCUT2D eigenvalue weighted by Crippen LogP contribution is -2.37. The van der Waals surface area contributed by atoms with E-state index in [0.29, 0.717) is 16.7 Å². The van der Waals surface area contributed by atoms with Gasteiger partial charge in [0.15, 0.2) is 18.2 Å². The van der Waals surface area contributed by atoms with Crippen molar-refractivity contribution in [3.8, 4) is 0 Å². The second kappa shape index (κ2) is 6.79. The van der Waals surface area contributed by atoms with Gasteiger partial charge >= 0.3 is 0 Å². The number of carbonyl (C=O) groups is 2. The molecule has 0 aliphatic heterocycles. The standard InChI is InChI=1S/C20H16NO2/c22-19(16-7-3-1-4-8-16)15-21-13-11-18(12-14-21)20(23)17-9-5-2-6-10-17/h1-14H,15H2/q+1. The molecular weight excluding hydrogens is 286 g/mol. The Labute approximate surface area is 134 Å². The van der Waals surface area contributed by atoms with Crippen LogP contribution in [0.4, 0.5) is 0 Å². The fourth-order valence-corrected chi connectivity index (χ4v) is 2.35. The lowest BCUT2D eigenvalue weighted by atomic mass is 10.0. The zero-order valence-corrected chi connectivity index (χ0v) is 12.6. The molecule has 0 bridgehead atoms. The highest BCUT2D eigenvalue weighted by Crippen LogP contribution is 2.08. The summed E-state index contributed by atoms with van der Waals surface area (Å²) in [6.07, 6.45) is 3.52. The Morgan fingerprint density at radius 3 is 1.70 bits per heavy atom. The molecule has 3 rings (SSSR count). The minimum Gasteiger partial charge on any atom is -0.289 e. The first-order chi connectivity index (χ1) is 11.2. The molecule has 0 fully saturated rings. The number of hydrogen-bond acceptors (Lipinski definition) is 2. The van der Waals surface area contributed by atoms with Crippen LogP contribution >= 0.6 is 0 Å². The van der Waals surface area contributed by atoms with E-state index in [9.17, 15) is 9.59 Å². The van der Waals surface area contributed by atoms with Gasteiger partial charge in [-0.05, 0) is 0 Å². The highest BCUT2D eigenvalue weighted by atomic mass is 16.1. The summed E-state index contributed by atoms with van der Waals surface area (Å²) in [5.41, 5.74) is 1.95. The lowest BCUT2D eigenvalue weighted by Gasteiger charge is -2.01. The first kappa shape index (κ1) is 14.9. The molecule has 0 amide bonds. The van der Waals surface area contributed by atoms with E-state index in [1.54, 1.807) is 53.4 Å². The van der Waals surface area contributed by atoms with Crippen molar-refractivity contribution in [2.24, 2.45) is 0 Å². The van der Waals surface area contributed by atoms with Gasteiger partial charge < -0.3 is 0 Å². The van der Waals surface area contributed by atoms with Crippen LogP contribution < -0.4 is 4.57 Å². The molecular formula is C20H16NO2+. The van der Waals surface area contributed by atoms with Gasteiger partial charge in [-0.25, -0.2) is 0 Å². The summed E-state index contributed by atoms with van der Waals surface area (Å²) in [4.78, 5) is 24.5. The fraction of sp³-hybridized carbons (Fsp3) is 0.0500.